The summed E-state index contributed by atoms with van der Waals surface area (Å²) in [7, 11) is 0. The van der Waals surface area contributed by atoms with E-state index in [-0.39, 0.29) is 54.4 Å². The van der Waals surface area contributed by atoms with E-state index in [1.54, 1.807) is 0 Å². The second-order valence-electron chi connectivity index (χ2n) is 8.63. The average Bonchev–Trinajstić information content (AvgIpc) is 3.46. The Hall–Kier alpha value is -1.95. The molecule has 1 N–H and O–H groups in total. The van der Waals surface area contributed by atoms with Crippen LogP contribution in [0.3, 0.4) is 0 Å². The van der Waals surface area contributed by atoms with E-state index in [9.17, 15) is 14.4 Å². The molecule has 0 spiro atoms. The Bertz CT molecular complexity index is 904. The minimum atomic E-state index is -0.189. The number of rotatable bonds is 4. The number of imide groups is 1. The number of likely N-dealkylation sites (tertiary alicyclic amines) is 1. The molecule has 2 bridgehead atoms. The number of hydrogen-bond acceptors (Lipinski definition) is 3. The molecule has 2 saturated carbocycles. The van der Waals surface area contributed by atoms with Gasteiger partial charge in [-0.2, -0.15) is 0 Å². The van der Waals surface area contributed by atoms with Gasteiger partial charge < -0.3 is 5.32 Å². The minimum Gasteiger partial charge on any atom is -0.326 e. The molecule has 3 fully saturated rings. The molecule has 1 aromatic rings. The summed E-state index contributed by atoms with van der Waals surface area (Å²) in [6.45, 7) is 4.12. The highest BCUT2D eigenvalue weighted by atomic mass is 79.9. The van der Waals surface area contributed by atoms with Crippen LogP contribution in [0.2, 0.25) is 0 Å². The molecule has 6 atom stereocenters. The highest BCUT2D eigenvalue weighted by Gasteiger charge is 2.66. The Labute approximate surface area is 172 Å². The number of hydrogen-bond donors (Lipinski definition) is 1. The van der Waals surface area contributed by atoms with Crippen molar-refractivity contribution in [2.24, 2.45) is 35.5 Å². The van der Waals surface area contributed by atoms with Gasteiger partial charge in [-0.1, -0.05) is 28.1 Å². The molecule has 1 saturated heterocycles. The molecule has 5 nitrogen and oxygen atoms in total. The lowest BCUT2D eigenvalue weighted by molar-refractivity contribution is -0.140. The standard InChI is InChI=1S/C22H23BrN2O3/c1-10-11(2)17(6-5-16(10)23)24-18(26)7-8-25-21(27)19-12-3-4-13(15-9-14(12)15)20(19)22(25)28/h3-6,12-15,19-20H,7-9H2,1-2H3,(H,24,26)/t12-,13-,14-,15+,19+,20+/m0/s1. The van der Waals surface area contributed by atoms with Crippen LogP contribution in [0.1, 0.15) is 24.0 Å². The Morgan fingerprint density at radius 2 is 1.68 bits per heavy atom. The van der Waals surface area contributed by atoms with Crippen molar-refractivity contribution in [3.8, 4) is 0 Å². The van der Waals surface area contributed by atoms with Crippen molar-refractivity contribution in [1.82, 2.24) is 4.90 Å². The van der Waals surface area contributed by atoms with Gasteiger partial charge >= 0.3 is 0 Å². The Kier molecular flexibility index (Phi) is 4.06. The molecular weight excluding hydrogens is 420 g/mol. The van der Waals surface area contributed by atoms with Crippen molar-refractivity contribution in [2.45, 2.75) is 26.7 Å². The molecule has 3 amide bonds. The monoisotopic (exact) mass is 442 g/mol. The smallest absolute Gasteiger partial charge is 0.233 e. The molecule has 6 heteroatoms. The zero-order chi connectivity index (χ0) is 19.7. The van der Waals surface area contributed by atoms with Crippen LogP contribution in [-0.2, 0) is 14.4 Å². The van der Waals surface area contributed by atoms with Crippen molar-refractivity contribution in [2.75, 3.05) is 11.9 Å². The van der Waals surface area contributed by atoms with Crippen LogP contribution in [0.5, 0.6) is 0 Å². The SMILES string of the molecule is Cc1c(Br)ccc(NC(=O)CCN2C(=O)[C@@H]3[C@H]4C=C[C@@H]([C@@H]5C[C@H]45)[C@H]3C2=O)c1C. The van der Waals surface area contributed by atoms with Gasteiger partial charge in [0.2, 0.25) is 17.7 Å². The number of amides is 3. The quantitative estimate of drug-likeness (QED) is 0.573. The maximum Gasteiger partial charge on any atom is 0.233 e. The summed E-state index contributed by atoms with van der Waals surface area (Å²) in [5.41, 5.74) is 2.85. The van der Waals surface area contributed by atoms with E-state index in [2.05, 4.69) is 33.4 Å². The van der Waals surface area contributed by atoms with Gasteiger partial charge in [-0.3, -0.25) is 19.3 Å². The molecule has 6 rings (SSSR count). The predicted octanol–water partition coefficient (Wildman–Crippen LogP) is 3.45. The van der Waals surface area contributed by atoms with Gasteiger partial charge in [-0.25, -0.2) is 0 Å². The fourth-order valence-corrected chi connectivity index (χ4v) is 6.02. The first-order valence-corrected chi connectivity index (χ1v) is 10.8. The summed E-state index contributed by atoms with van der Waals surface area (Å²) in [5, 5.41) is 2.92. The molecule has 28 heavy (non-hydrogen) atoms. The van der Waals surface area contributed by atoms with Crippen molar-refractivity contribution in [3.05, 3.63) is 39.9 Å². The van der Waals surface area contributed by atoms with E-state index in [0.29, 0.717) is 11.8 Å². The third-order valence-corrected chi connectivity index (χ3v) is 8.17. The van der Waals surface area contributed by atoms with Gasteiger partial charge in [-0.15, -0.1) is 0 Å². The van der Waals surface area contributed by atoms with Gasteiger partial charge in [-0.05, 0) is 67.2 Å². The van der Waals surface area contributed by atoms with Crippen LogP contribution in [-0.4, -0.2) is 29.2 Å². The van der Waals surface area contributed by atoms with E-state index in [1.165, 1.54) is 4.90 Å². The van der Waals surface area contributed by atoms with E-state index in [4.69, 9.17) is 0 Å². The lowest BCUT2D eigenvalue weighted by Crippen LogP contribution is -2.40. The van der Waals surface area contributed by atoms with E-state index in [1.807, 2.05) is 26.0 Å². The van der Waals surface area contributed by atoms with Crippen LogP contribution < -0.4 is 5.32 Å². The normalized spacial score (nSPS) is 34.5. The molecule has 4 aliphatic carbocycles. The first kappa shape index (κ1) is 18.1. The molecule has 1 heterocycles. The van der Waals surface area contributed by atoms with E-state index >= 15 is 0 Å². The fourth-order valence-electron chi connectivity index (χ4n) is 5.59. The third-order valence-electron chi connectivity index (χ3n) is 7.31. The topological polar surface area (TPSA) is 66.5 Å². The second-order valence-corrected chi connectivity index (χ2v) is 9.48. The van der Waals surface area contributed by atoms with E-state index < -0.39 is 0 Å². The summed E-state index contributed by atoms with van der Waals surface area (Å²) in [6, 6.07) is 3.77. The fraction of sp³-hybridized carbons (Fsp3) is 0.500. The summed E-state index contributed by atoms with van der Waals surface area (Å²) >= 11 is 3.49. The molecule has 0 unspecified atom stereocenters. The van der Waals surface area contributed by atoms with Crippen molar-refractivity contribution < 1.29 is 14.4 Å². The molecule has 5 aliphatic rings. The van der Waals surface area contributed by atoms with Crippen molar-refractivity contribution in [3.63, 3.8) is 0 Å². The number of anilines is 1. The number of carbonyl (C=O) groups is 3. The summed E-state index contributed by atoms with van der Waals surface area (Å²) in [4.78, 5) is 39.7. The molecule has 146 valence electrons. The first-order valence-electron chi connectivity index (χ1n) is 9.97. The lowest BCUT2D eigenvalue weighted by atomic mass is 9.63. The Balaban J connectivity index is 1.25. The third kappa shape index (κ3) is 2.53. The zero-order valence-corrected chi connectivity index (χ0v) is 17.5. The maximum atomic E-state index is 12.9. The molecule has 1 aromatic carbocycles. The number of nitrogens with zero attached hydrogens (tertiary/aromatic N) is 1. The molecule has 0 aromatic heterocycles. The van der Waals surface area contributed by atoms with Crippen LogP contribution in [0.4, 0.5) is 5.69 Å². The largest absolute Gasteiger partial charge is 0.326 e. The van der Waals surface area contributed by atoms with Crippen LogP contribution in [0, 0.1) is 49.4 Å². The lowest BCUT2D eigenvalue weighted by Gasteiger charge is -2.37. The van der Waals surface area contributed by atoms with Crippen molar-refractivity contribution in [1.29, 1.82) is 0 Å². The Morgan fingerprint density at radius 1 is 1.07 bits per heavy atom. The summed E-state index contributed by atoms with van der Waals surface area (Å²) < 4.78 is 1.00. The van der Waals surface area contributed by atoms with E-state index in [0.717, 1.165) is 27.7 Å². The van der Waals surface area contributed by atoms with Crippen LogP contribution >= 0.6 is 15.9 Å². The van der Waals surface area contributed by atoms with Crippen LogP contribution in [0.15, 0.2) is 28.8 Å². The number of halogens is 1. The van der Waals surface area contributed by atoms with Gasteiger partial charge in [0.25, 0.3) is 0 Å². The predicted molar refractivity (Wildman–Crippen MR) is 108 cm³/mol. The second kappa shape index (κ2) is 6.28. The molecule has 1 aliphatic heterocycles. The molecular formula is C22H23BrN2O3. The van der Waals surface area contributed by atoms with Gasteiger partial charge in [0.1, 0.15) is 0 Å². The van der Waals surface area contributed by atoms with Gasteiger partial charge in [0.15, 0.2) is 0 Å². The maximum absolute atomic E-state index is 12.9. The molecule has 0 radical (unpaired) electrons. The number of allylic oxidation sites excluding steroid dienone is 2. The van der Waals surface area contributed by atoms with Gasteiger partial charge in [0.05, 0.1) is 11.8 Å². The average molecular weight is 443 g/mol. The van der Waals surface area contributed by atoms with Gasteiger partial charge in [0, 0.05) is 23.1 Å². The summed E-state index contributed by atoms with van der Waals surface area (Å²) in [5.74, 6) is 0.957. The minimum absolute atomic E-state index is 0.0665. The van der Waals surface area contributed by atoms with Crippen molar-refractivity contribution >= 4 is 39.3 Å². The number of benzene rings is 1. The highest BCUT2D eigenvalue weighted by molar-refractivity contribution is 9.10. The Morgan fingerprint density at radius 3 is 2.29 bits per heavy atom. The van der Waals surface area contributed by atoms with Crippen LogP contribution in [0.25, 0.3) is 0 Å². The number of carbonyl (C=O) groups excluding carboxylic acids is 3. The highest BCUT2D eigenvalue weighted by Crippen LogP contribution is 2.65. The summed E-state index contributed by atoms with van der Waals surface area (Å²) in [6.07, 6.45) is 5.62. The first-order chi connectivity index (χ1) is 13.4. The zero-order valence-electron chi connectivity index (χ0n) is 15.9. The number of nitrogens with one attached hydrogen (secondary N) is 1.